The highest BCUT2D eigenvalue weighted by Crippen LogP contribution is 2.03. The zero-order chi connectivity index (χ0) is 11.5. The molecule has 1 aromatic heterocycles. The van der Waals surface area contributed by atoms with E-state index in [1.54, 1.807) is 13.8 Å². The van der Waals surface area contributed by atoms with E-state index in [1.165, 1.54) is 12.1 Å². The van der Waals surface area contributed by atoms with Crippen LogP contribution in [0.4, 0.5) is 4.39 Å². The third-order valence-corrected chi connectivity index (χ3v) is 1.65. The van der Waals surface area contributed by atoms with Gasteiger partial charge in [-0.1, -0.05) is 6.07 Å². The molecule has 0 bridgehead atoms. The molecule has 0 fully saturated rings. The first-order valence-electron chi connectivity index (χ1n) is 4.31. The molecule has 0 saturated carbocycles. The van der Waals surface area contributed by atoms with Gasteiger partial charge in [0.2, 0.25) is 5.95 Å². The molecule has 0 unspecified atom stereocenters. The van der Waals surface area contributed by atoms with Crippen molar-refractivity contribution in [1.82, 2.24) is 10.3 Å². The van der Waals surface area contributed by atoms with Gasteiger partial charge in [0.05, 0.1) is 6.07 Å². The normalized spacial score (nSPS) is 10.5. The summed E-state index contributed by atoms with van der Waals surface area (Å²) >= 11 is 0. The van der Waals surface area contributed by atoms with E-state index in [4.69, 9.17) is 5.26 Å². The number of aromatic nitrogens is 1. The van der Waals surface area contributed by atoms with Gasteiger partial charge in [-0.2, -0.15) is 9.65 Å². The summed E-state index contributed by atoms with van der Waals surface area (Å²) in [6.45, 7) is 3.09. The van der Waals surface area contributed by atoms with Crippen LogP contribution in [0.2, 0.25) is 0 Å². The standard InChI is InChI=1S/C10H10FN3O/c1-10(2,6-12)14-9(15)7-4-3-5-8(11)13-7/h3-5H,1-2H3,(H,14,15). The minimum atomic E-state index is -0.995. The van der Waals surface area contributed by atoms with Crippen molar-refractivity contribution in [1.29, 1.82) is 5.26 Å². The van der Waals surface area contributed by atoms with Gasteiger partial charge >= 0.3 is 0 Å². The SMILES string of the molecule is CC(C)(C#N)NC(=O)c1cccc(F)n1. The van der Waals surface area contributed by atoms with Crippen molar-refractivity contribution in [3.8, 4) is 6.07 Å². The second-order valence-electron chi connectivity index (χ2n) is 3.54. The number of halogens is 1. The van der Waals surface area contributed by atoms with Gasteiger partial charge in [0.1, 0.15) is 11.2 Å². The zero-order valence-electron chi connectivity index (χ0n) is 8.41. The Morgan fingerprint density at radius 3 is 2.80 bits per heavy atom. The third-order valence-electron chi connectivity index (χ3n) is 1.65. The molecule has 1 rings (SSSR count). The lowest BCUT2D eigenvalue weighted by atomic mass is 10.1. The first-order valence-corrected chi connectivity index (χ1v) is 4.31. The minimum absolute atomic E-state index is 0.0432. The Bertz CT molecular complexity index is 423. The average Bonchev–Trinajstić information content (AvgIpc) is 2.17. The fourth-order valence-electron chi connectivity index (χ4n) is 0.911. The van der Waals surface area contributed by atoms with Crippen molar-refractivity contribution in [2.24, 2.45) is 0 Å². The van der Waals surface area contributed by atoms with Crippen LogP contribution in [0.3, 0.4) is 0 Å². The lowest BCUT2D eigenvalue weighted by Gasteiger charge is -2.16. The second-order valence-corrected chi connectivity index (χ2v) is 3.54. The van der Waals surface area contributed by atoms with E-state index in [9.17, 15) is 9.18 Å². The van der Waals surface area contributed by atoms with Crippen LogP contribution in [0.1, 0.15) is 24.3 Å². The summed E-state index contributed by atoms with van der Waals surface area (Å²) in [6.07, 6.45) is 0. The Hall–Kier alpha value is -1.96. The number of nitriles is 1. The van der Waals surface area contributed by atoms with Crippen molar-refractivity contribution in [2.45, 2.75) is 19.4 Å². The topological polar surface area (TPSA) is 65.8 Å². The molecule has 78 valence electrons. The van der Waals surface area contributed by atoms with Crippen LogP contribution in [-0.4, -0.2) is 16.4 Å². The van der Waals surface area contributed by atoms with Crippen LogP contribution in [0.25, 0.3) is 0 Å². The van der Waals surface area contributed by atoms with E-state index in [-0.39, 0.29) is 5.69 Å². The van der Waals surface area contributed by atoms with Crippen LogP contribution < -0.4 is 5.32 Å². The lowest BCUT2D eigenvalue weighted by Crippen LogP contribution is -2.42. The first kappa shape index (κ1) is 11.1. The van der Waals surface area contributed by atoms with Gasteiger partial charge in [-0.3, -0.25) is 4.79 Å². The van der Waals surface area contributed by atoms with Crippen molar-refractivity contribution >= 4 is 5.91 Å². The molecule has 0 spiro atoms. The van der Waals surface area contributed by atoms with E-state index < -0.39 is 17.4 Å². The molecule has 0 aromatic carbocycles. The van der Waals surface area contributed by atoms with Gasteiger partial charge < -0.3 is 5.32 Å². The number of hydrogen-bond acceptors (Lipinski definition) is 3. The summed E-state index contributed by atoms with van der Waals surface area (Å²) in [5.41, 5.74) is -1.04. The van der Waals surface area contributed by atoms with Crippen molar-refractivity contribution in [3.05, 3.63) is 29.8 Å². The summed E-state index contributed by atoms with van der Waals surface area (Å²) in [4.78, 5) is 14.9. The summed E-state index contributed by atoms with van der Waals surface area (Å²) in [7, 11) is 0. The van der Waals surface area contributed by atoms with E-state index in [0.29, 0.717) is 0 Å². The van der Waals surface area contributed by atoms with Gasteiger partial charge in [0, 0.05) is 0 Å². The first-order chi connectivity index (χ1) is 6.94. The molecule has 1 amide bonds. The molecule has 0 aliphatic heterocycles. The molecular weight excluding hydrogens is 197 g/mol. The maximum Gasteiger partial charge on any atom is 0.271 e. The molecule has 0 radical (unpaired) electrons. The van der Waals surface area contributed by atoms with Crippen molar-refractivity contribution < 1.29 is 9.18 Å². The largest absolute Gasteiger partial charge is 0.333 e. The zero-order valence-corrected chi connectivity index (χ0v) is 8.41. The molecule has 1 N–H and O–H groups in total. The molecular formula is C10H10FN3O. The Labute approximate surface area is 86.7 Å². The molecule has 0 aliphatic rings. The number of carbonyl (C=O) groups is 1. The number of amides is 1. The third kappa shape index (κ3) is 3.02. The molecule has 0 aliphatic carbocycles. The molecule has 0 saturated heterocycles. The van der Waals surface area contributed by atoms with Gasteiger partial charge in [-0.05, 0) is 26.0 Å². The second kappa shape index (κ2) is 4.05. The van der Waals surface area contributed by atoms with Gasteiger partial charge in [-0.15, -0.1) is 0 Å². The number of pyridine rings is 1. The Kier molecular flexibility index (Phi) is 3.00. The van der Waals surface area contributed by atoms with Crippen LogP contribution in [-0.2, 0) is 0 Å². The van der Waals surface area contributed by atoms with Crippen LogP contribution in [0, 0.1) is 17.3 Å². The number of hydrogen-bond donors (Lipinski definition) is 1. The van der Waals surface area contributed by atoms with Crippen LogP contribution >= 0.6 is 0 Å². The van der Waals surface area contributed by atoms with Crippen molar-refractivity contribution in [2.75, 3.05) is 0 Å². The molecule has 0 atom stereocenters. The minimum Gasteiger partial charge on any atom is -0.333 e. The summed E-state index contributed by atoms with van der Waals surface area (Å²) < 4.78 is 12.7. The predicted octanol–water partition coefficient (Wildman–Crippen LogP) is 1.25. The van der Waals surface area contributed by atoms with Crippen LogP contribution in [0.5, 0.6) is 0 Å². The van der Waals surface area contributed by atoms with Gasteiger partial charge in [0.15, 0.2) is 0 Å². The quantitative estimate of drug-likeness (QED) is 0.742. The number of nitrogens with one attached hydrogen (secondary N) is 1. The highest BCUT2D eigenvalue weighted by molar-refractivity contribution is 5.92. The fourth-order valence-corrected chi connectivity index (χ4v) is 0.911. The van der Waals surface area contributed by atoms with Crippen molar-refractivity contribution in [3.63, 3.8) is 0 Å². The molecule has 15 heavy (non-hydrogen) atoms. The van der Waals surface area contributed by atoms with E-state index in [2.05, 4.69) is 10.3 Å². The molecule has 4 nitrogen and oxygen atoms in total. The average molecular weight is 207 g/mol. The monoisotopic (exact) mass is 207 g/mol. The Morgan fingerprint density at radius 2 is 2.27 bits per heavy atom. The molecule has 5 heteroatoms. The highest BCUT2D eigenvalue weighted by Gasteiger charge is 2.20. The number of carbonyl (C=O) groups excluding carboxylic acids is 1. The fraction of sp³-hybridized carbons (Fsp3) is 0.300. The van der Waals surface area contributed by atoms with Gasteiger partial charge in [-0.25, -0.2) is 4.98 Å². The van der Waals surface area contributed by atoms with Gasteiger partial charge in [0.25, 0.3) is 5.91 Å². The summed E-state index contributed by atoms with van der Waals surface area (Å²) in [5.74, 6) is -1.29. The van der Waals surface area contributed by atoms with E-state index in [0.717, 1.165) is 6.07 Å². The Balaban J connectivity index is 2.84. The number of rotatable bonds is 2. The van der Waals surface area contributed by atoms with E-state index >= 15 is 0 Å². The molecule has 1 aromatic rings. The smallest absolute Gasteiger partial charge is 0.271 e. The summed E-state index contributed by atoms with van der Waals surface area (Å²) in [6, 6.07) is 5.81. The van der Waals surface area contributed by atoms with Crippen LogP contribution in [0.15, 0.2) is 18.2 Å². The maximum absolute atomic E-state index is 12.7. The molecule has 1 heterocycles. The highest BCUT2D eigenvalue weighted by atomic mass is 19.1. The Morgan fingerprint density at radius 1 is 1.60 bits per heavy atom. The lowest BCUT2D eigenvalue weighted by molar-refractivity contribution is 0.0923. The summed E-state index contributed by atoms with van der Waals surface area (Å²) in [5, 5.41) is 11.1. The maximum atomic E-state index is 12.7. The predicted molar refractivity (Wildman–Crippen MR) is 51.4 cm³/mol. The number of nitrogens with zero attached hydrogens (tertiary/aromatic N) is 2. The van der Waals surface area contributed by atoms with E-state index in [1.807, 2.05) is 6.07 Å².